The first-order chi connectivity index (χ1) is 9.59. The van der Waals surface area contributed by atoms with E-state index in [1.165, 1.54) is 20.3 Å². The second-order valence-electron chi connectivity index (χ2n) is 4.72. The quantitative estimate of drug-likeness (QED) is 0.618. The van der Waals surface area contributed by atoms with E-state index in [9.17, 15) is 9.18 Å². The number of halogens is 2. The highest BCUT2D eigenvalue weighted by Gasteiger charge is 2.42. The van der Waals surface area contributed by atoms with Crippen LogP contribution in [0.2, 0.25) is 0 Å². The van der Waals surface area contributed by atoms with E-state index in [0.717, 1.165) is 12.8 Å². The molecule has 1 aromatic carbocycles. The standard InChI is InChI=1S/C14H15BrFNO3/c1-19-12-9(15)7-10(16)11(13(12)20-2)14(17-8-18)5-3-4-6-14/h7H,3-6H2,1-2H3. The highest BCUT2D eigenvalue weighted by Crippen LogP contribution is 2.51. The van der Waals surface area contributed by atoms with E-state index >= 15 is 0 Å². The number of ether oxygens (including phenoxy) is 2. The highest BCUT2D eigenvalue weighted by molar-refractivity contribution is 9.10. The van der Waals surface area contributed by atoms with Crippen molar-refractivity contribution < 1.29 is 18.7 Å². The molecule has 2 rings (SSSR count). The number of hydrogen-bond donors (Lipinski definition) is 0. The Labute approximate surface area is 125 Å². The van der Waals surface area contributed by atoms with Gasteiger partial charge in [-0.1, -0.05) is 12.8 Å². The molecule has 0 bridgehead atoms. The highest BCUT2D eigenvalue weighted by atomic mass is 79.9. The number of methoxy groups -OCH3 is 2. The summed E-state index contributed by atoms with van der Waals surface area (Å²) >= 11 is 3.25. The van der Waals surface area contributed by atoms with Gasteiger partial charge >= 0.3 is 0 Å². The Balaban J connectivity index is 2.74. The molecule has 108 valence electrons. The smallest absolute Gasteiger partial charge is 0.235 e. The predicted octanol–water partition coefficient (Wildman–Crippen LogP) is 3.71. The third-order valence-corrected chi connectivity index (χ3v) is 4.30. The van der Waals surface area contributed by atoms with Gasteiger partial charge in [-0.05, 0) is 34.8 Å². The molecular weight excluding hydrogens is 329 g/mol. The van der Waals surface area contributed by atoms with Gasteiger partial charge in [-0.15, -0.1) is 0 Å². The van der Waals surface area contributed by atoms with E-state index in [0.29, 0.717) is 23.1 Å². The molecule has 0 N–H and O–H groups in total. The van der Waals surface area contributed by atoms with E-state index in [1.807, 2.05) is 0 Å². The topological polar surface area (TPSA) is 47.9 Å². The largest absolute Gasteiger partial charge is 0.492 e. The molecule has 1 fully saturated rings. The molecule has 0 aromatic heterocycles. The minimum absolute atomic E-state index is 0.278. The van der Waals surface area contributed by atoms with Crippen molar-refractivity contribution in [3.8, 4) is 11.5 Å². The van der Waals surface area contributed by atoms with Crippen molar-refractivity contribution in [2.45, 2.75) is 31.2 Å². The second kappa shape index (κ2) is 5.94. The molecule has 1 saturated carbocycles. The number of nitrogens with zero attached hydrogens (tertiary/aromatic N) is 1. The molecule has 0 aliphatic heterocycles. The van der Waals surface area contributed by atoms with Gasteiger partial charge in [0.05, 0.1) is 24.3 Å². The third-order valence-electron chi connectivity index (χ3n) is 3.71. The number of rotatable bonds is 4. The monoisotopic (exact) mass is 343 g/mol. The SMILES string of the molecule is COc1c(Br)cc(F)c(C2(N=C=O)CCCC2)c1OC. The molecule has 0 unspecified atom stereocenters. The van der Waals surface area contributed by atoms with Crippen molar-refractivity contribution in [3.63, 3.8) is 0 Å². The van der Waals surface area contributed by atoms with Crippen LogP contribution in [0.5, 0.6) is 11.5 Å². The molecule has 1 aliphatic rings. The van der Waals surface area contributed by atoms with Gasteiger partial charge in [-0.2, -0.15) is 4.99 Å². The van der Waals surface area contributed by atoms with Crippen molar-refractivity contribution >= 4 is 22.0 Å². The lowest BCUT2D eigenvalue weighted by Gasteiger charge is -2.27. The van der Waals surface area contributed by atoms with Gasteiger partial charge < -0.3 is 9.47 Å². The maximum atomic E-state index is 14.5. The number of carbonyl (C=O) groups excluding carboxylic acids is 1. The minimum atomic E-state index is -0.898. The zero-order valence-corrected chi connectivity index (χ0v) is 12.9. The fraction of sp³-hybridized carbons (Fsp3) is 0.500. The molecule has 0 heterocycles. The molecule has 1 aliphatic carbocycles. The molecule has 20 heavy (non-hydrogen) atoms. The Bertz CT molecular complexity index is 564. The zero-order valence-electron chi connectivity index (χ0n) is 11.3. The van der Waals surface area contributed by atoms with Gasteiger partial charge in [0, 0.05) is 0 Å². The minimum Gasteiger partial charge on any atom is -0.492 e. The fourth-order valence-corrected chi connectivity index (χ4v) is 3.41. The zero-order chi connectivity index (χ0) is 14.8. The summed E-state index contributed by atoms with van der Waals surface area (Å²) in [5, 5.41) is 0. The van der Waals surface area contributed by atoms with Crippen LogP contribution in [-0.4, -0.2) is 20.3 Å². The number of aliphatic imine (C=N–C) groups is 1. The van der Waals surface area contributed by atoms with Gasteiger partial charge in [-0.3, -0.25) is 0 Å². The summed E-state index contributed by atoms with van der Waals surface area (Å²) in [4.78, 5) is 14.7. The molecule has 0 radical (unpaired) electrons. The summed E-state index contributed by atoms with van der Waals surface area (Å²) in [6, 6.07) is 1.32. The molecule has 6 heteroatoms. The van der Waals surface area contributed by atoms with Crippen LogP contribution in [0.3, 0.4) is 0 Å². The van der Waals surface area contributed by atoms with Crippen molar-refractivity contribution in [2.75, 3.05) is 14.2 Å². The van der Waals surface area contributed by atoms with Crippen molar-refractivity contribution in [2.24, 2.45) is 4.99 Å². The first-order valence-electron chi connectivity index (χ1n) is 6.29. The summed E-state index contributed by atoms with van der Waals surface area (Å²) in [7, 11) is 2.93. The van der Waals surface area contributed by atoms with E-state index in [1.54, 1.807) is 6.08 Å². The van der Waals surface area contributed by atoms with Crippen LogP contribution in [-0.2, 0) is 10.3 Å². The average Bonchev–Trinajstić information content (AvgIpc) is 2.87. The van der Waals surface area contributed by atoms with Crippen molar-refractivity contribution in [3.05, 3.63) is 21.9 Å². The van der Waals surface area contributed by atoms with E-state index in [2.05, 4.69) is 20.9 Å². The van der Waals surface area contributed by atoms with E-state index in [-0.39, 0.29) is 11.3 Å². The summed E-state index contributed by atoms with van der Waals surface area (Å²) in [5.74, 6) is 0.215. The Kier molecular flexibility index (Phi) is 4.45. The molecule has 0 saturated heterocycles. The summed E-state index contributed by atoms with van der Waals surface area (Å²) in [6.45, 7) is 0. The van der Waals surface area contributed by atoms with Crippen molar-refractivity contribution in [1.82, 2.24) is 0 Å². The van der Waals surface area contributed by atoms with Gasteiger partial charge in [0.25, 0.3) is 0 Å². The Morgan fingerprint density at radius 2 is 1.90 bits per heavy atom. The van der Waals surface area contributed by atoms with Crippen LogP contribution in [0.25, 0.3) is 0 Å². The van der Waals surface area contributed by atoms with Crippen LogP contribution in [0.15, 0.2) is 15.5 Å². The third kappa shape index (κ3) is 2.34. The first kappa shape index (κ1) is 15.0. The lowest BCUT2D eigenvalue weighted by Crippen LogP contribution is -2.22. The summed E-state index contributed by atoms with van der Waals surface area (Å²) in [5.41, 5.74) is -0.619. The maximum Gasteiger partial charge on any atom is 0.235 e. The number of benzene rings is 1. The van der Waals surface area contributed by atoms with Gasteiger partial charge in [0.15, 0.2) is 11.5 Å². The first-order valence-corrected chi connectivity index (χ1v) is 7.08. The van der Waals surface area contributed by atoms with Crippen molar-refractivity contribution in [1.29, 1.82) is 0 Å². The van der Waals surface area contributed by atoms with Crippen LogP contribution in [0, 0.1) is 5.82 Å². The lowest BCUT2D eigenvalue weighted by molar-refractivity contribution is 0.327. The Morgan fingerprint density at radius 1 is 1.30 bits per heavy atom. The fourth-order valence-electron chi connectivity index (χ4n) is 2.86. The van der Waals surface area contributed by atoms with E-state index in [4.69, 9.17) is 9.47 Å². The Hall–Kier alpha value is -1.39. The molecule has 0 atom stereocenters. The van der Waals surface area contributed by atoms with Crippen LogP contribution in [0.4, 0.5) is 4.39 Å². The normalized spacial score (nSPS) is 16.6. The predicted molar refractivity (Wildman–Crippen MR) is 75.5 cm³/mol. The van der Waals surface area contributed by atoms with Crippen LogP contribution >= 0.6 is 15.9 Å². The number of hydrogen-bond acceptors (Lipinski definition) is 4. The molecule has 4 nitrogen and oxygen atoms in total. The van der Waals surface area contributed by atoms with E-state index < -0.39 is 11.4 Å². The molecule has 1 aromatic rings. The van der Waals surface area contributed by atoms with Gasteiger partial charge in [0.1, 0.15) is 11.4 Å². The second-order valence-corrected chi connectivity index (χ2v) is 5.58. The molecule has 0 amide bonds. The van der Waals surface area contributed by atoms with Gasteiger partial charge in [-0.25, -0.2) is 9.18 Å². The average molecular weight is 344 g/mol. The maximum absolute atomic E-state index is 14.5. The molecule has 0 spiro atoms. The lowest BCUT2D eigenvalue weighted by atomic mass is 9.87. The Morgan fingerprint density at radius 3 is 2.40 bits per heavy atom. The van der Waals surface area contributed by atoms with Crippen LogP contribution in [0.1, 0.15) is 31.2 Å². The van der Waals surface area contributed by atoms with Gasteiger partial charge in [0.2, 0.25) is 6.08 Å². The summed E-state index contributed by atoms with van der Waals surface area (Å²) < 4.78 is 25.5. The number of isocyanates is 1. The van der Waals surface area contributed by atoms with Crippen LogP contribution < -0.4 is 9.47 Å². The molecular formula is C14H15BrFNO3. The summed E-state index contributed by atoms with van der Waals surface area (Å²) in [6.07, 6.45) is 4.54.